The zero-order chi connectivity index (χ0) is 24.9. The molecule has 0 aromatic carbocycles. The van der Waals surface area contributed by atoms with Crippen molar-refractivity contribution in [3.63, 3.8) is 0 Å². The second-order valence-electron chi connectivity index (χ2n) is 9.30. The molecule has 0 N–H and O–H groups in total. The van der Waals surface area contributed by atoms with E-state index in [0.717, 1.165) is 11.8 Å². The molecule has 0 atom stereocenters. The van der Waals surface area contributed by atoms with E-state index < -0.39 is 0 Å². The third kappa shape index (κ3) is 71.6. The Bertz CT molecular complexity index is 703. The van der Waals surface area contributed by atoms with Gasteiger partial charge in [0.25, 0.3) is 0 Å². The first-order valence-electron chi connectivity index (χ1n) is 10.4. The Labute approximate surface area is 564 Å². The Morgan fingerprint density at radius 1 is 0.500 bits per heavy atom. The summed E-state index contributed by atoms with van der Waals surface area (Å²) in [5.74, 6) is 2.18. The van der Waals surface area contributed by atoms with E-state index in [4.69, 9.17) is 0 Å². The van der Waals surface area contributed by atoms with Crippen molar-refractivity contribution < 1.29 is 432 Å². The summed E-state index contributed by atoms with van der Waals surface area (Å²) in [5.41, 5.74) is 3.60. The van der Waals surface area contributed by atoms with Gasteiger partial charge in [-0.05, 0) is 0 Å². The number of hydrogen-bond donors (Lipinski definition) is 0. The van der Waals surface area contributed by atoms with E-state index in [1.165, 1.54) is 51.5 Å². The molecule has 0 nitrogen and oxygen atoms in total. The van der Waals surface area contributed by atoms with Gasteiger partial charge in [0, 0.05) is 316 Å². The van der Waals surface area contributed by atoms with Gasteiger partial charge in [0.15, 0.2) is 0 Å². The molecule has 2 aliphatic carbocycles. The van der Waals surface area contributed by atoms with E-state index in [1.807, 2.05) is 0 Å². The molecule has 0 aromatic heterocycles. The predicted octanol–water partition coefficient (Wildman–Crippen LogP) is 4.91. The van der Waals surface area contributed by atoms with Crippen LogP contribution in [0, 0.1) is 23.2 Å². The van der Waals surface area contributed by atoms with Crippen LogP contribution in [0.25, 0.3) is 0 Å². The van der Waals surface area contributed by atoms with Crippen LogP contribution < -0.4 is 0 Å². The van der Waals surface area contributed by atoms with Gasteiger partial charge in [-0.2, -0.15) is 0 Å². The summed E-state index contributed by atoms with van der Waals surface area (Å²) >= 11 is 9.48. The van der Waals surface area contributed by atoms with Gasteiger partial charge in [0.1, 0.15) is 0 Å². The van der Waals surface area contributed by atoms with E-state index in [0.29, 0.717) is 11.3 Å². The van der Waals surface area contributed by atoms with Gasteiger partial charge in [0.05, 0.1) is 0 Å². The van der Waals surface area contributed by atoms with Crippen LogP contribution in [-0.2, 0) is 432 Å². The average Bonchev–Trinajstić information content (AvgIpc) is 3.18. The third-order valence-electron chi connectivity index (χ3n) is 3.94. The Kier molecular flexibility index (Phi) is 171. The molecule has 0 saturated heterocycles. The Hall–Kier alpha value is 13.2. The maximum atomic E-state index is 3.19. The molecule has 0 spiro atoms. The maximum Gasteiger partial charge on any atom is 0 e. The molecule has 0 saturated carbocycles. The summed E-state index contributed by atoms with van der Waals surface area (Å²) < 4.78 is 12.8. The molecule has 264 valence electrons. The normalized spacial score (nSPS) is 10.4. The fraction of sp³-hybridized carbons (Fsp3) is 0.600. The van der Waals surface area contributed by atoms with Crippen molar-refractivity contribution >= 4 is 24.4 Å². The van der Waals surface area contributed by atoms with Crippen molar-refractivity contribution in [3.8, 4) is 0 Å². The minimum absolute atomic E-state index is 0. The fourth-order valence-electron chi connectivity index (χ4n) is 1.89. The molecule has 0 bridgehead atoms. The average molecular weight is 4200 g/mol. The summed E-state index contributed by atoms with van der Waals surface area (Å²) in [5, 5.41) is 0. The van der Waals surface area contributed by atoms with E-state index in [1.54, 1.807) is 104 Å². The van der Waals surface area contributed by atoms with E-state index in [9.17, 15) is 0 Å². The Morgan fingerprint density at radius 2 is 0.674 bits per heavy atom. The first-order valence-corrected chi connectivity index (χ1v) is 19.2. The summed E-state index contributed by atoms with van der Waals surface area (Å²) in [4.78, 5) is 0. The summed E-state index contributed by atoms with van der Waals surface area (Å²) in [6.45, 7) is 19.8. The number of rotatable bonds is 3. The summed E-state index contributed by atoms with van der Waals surface area (Å²) in [7, 11) is 0. The minimum atomic E-state index is 0. The SMILES string of the molecule is CC(C)(C)[C-]=[W].CC(C)C1=C[C](=[W])[C](=[W])C1.CC(C)C1=C[C](=[W])[C](=[W])C1.CC(C)[C-]=[W].[W].[W].[W].[W].[W].[W].[W].[W].[W].[W].[W].[W].[W].[W].[W]. The second-order valence-corrected chi connectivity index (χ2v) is 17.6. The van der Waals surface area contributed by atoms with Gasteiger partial charge in [0.2, 0.25) is 0 Å². The molecule has 0 fully saturated rings. The molecule has 46 heavy (non-hydrogen) atoms. The van der Waals surface area contributed by atoms with E-state index in [-0.39, 0.29) is 316 Å². The van der Waals surface area contributed by atoms with Crippen molar-refractivity contribution in [1.82, 2.24) is 0 Å². The molecular formula is C25H36W21-2. The van der Waals surface area contributed by atoms with Gasteiger partial charge < -0.3 is 0 Å². The van der Waals surface area contributed by atoms with E-state index in [2.05, 4.69) is 83.3 Å². The van der Waals surface area contributed by atoms with Crippen molar-refractivity contribution in [1.29, 1.82) is 0 Å². The van der Waals surface area contributed by atoms with Gasteiger partial charge >= 0.3 is 262 Å². The van der Waals surface area contributed by atoms with Crippen LogP contribution in [0.4, 0.5) is 0 Å². The molecule has 0 aromatic rings. The minimum Gasteiger partial charge on any atom is 0 e. The topological polar surface area (TPSA) is 0 Å². The third-order valence-corrected chi connectivity index (χ3v) is 17.1. The smallest absolute Gasteiger partial charge is 0 e. The molecule has 2 aliphatic rings. The first-order chi connectivity index (χ1) is 14.0. The predicted molar refractivity (Wildman–Crippen MR) is 119 cm³/mol. The molecule has 0 aliphatic heterocycles. The number of allylic oxidation sites excluding steroid dienone is 4. The van der Waals surface area contributed by atoms with Crippen molar-refractivity contribution in [2.45, 2.75) is 75.2 Å². The van der Waals surface area contributed by atoms with Crippen LogP contribution in [0.1, 0.15) is 75.2 Å². The van der Waals surface area contributed by atoms with Gasteiger partial charge in [-0.15, -0.1) is 0 Å². The van der Waals surface area contributed by atoms with Crippen LogP contribution in [0.15, 0.2) is 23.3 Å². The zero-order valence-electron chi connectivity index (χ0n) is 26.4. The molecular weight excluding hydrogens is 4160 g/mol. The molecule has 0 unspecified atom stereocenters. The van der Waals surface area contributed by atoms with Crippen molar-refractivity contribution in [2.75, 3.05) is 0 Å². The van der Waals surface area contributed by atoms with Crippen molar-refractivity contribution in [3.05, 3.63) is 23.3 Å². The molecule has 21 heteroatoms. The molecule has 0 radical (unpaired) electrons. The first kappa shape index (κ1) is 113. The summed E-state index contributed by atoms with van der Waals surface area (Å²) in [6.07, 6.45) is 7.32. The standard InChI is InChI=1S/2C8H10.C5H9.C4H7.21W/c2*1-7(2)8-5-3-4-6-8;1-5(2,3)4;1-4(2)3;;;;;;;;;;;;;;;;;;;;;/h2*5,7H,6H2,1-2H3;1-3H3;4H,1-2H3;;;;;;;;;;;;;;;;;;;;;/q;;2*-1;;;;;;;;;;;;;;;;;;;;;. The van der Waals surface area contributed by atoms with E-state index >= 15 is 0 Å². The van der Waals surface area contributed by atoms with Gasteiger partial charge in [-0.3, -0.25) is 0 Å². The van der Waals surface area contributed by atoms with Crippen molar-refractivity contribution in [2.24, 2.45) is 23.2 Å². The van der Waals surface area contributed by atoms with Crippen LogP contribution in [0.5, 0.6) is 0 Å². The van der Waals surface area contributed by atoms with Crippen LogP contribution in [0.3, 0.4) is 0 Å². The molecule has 2 rings (SSSR count). The largest absolute Gasteiger partial charge is 0 e. The monoisotopic (exact) mass is 4200 g/mol. The summed E-state index contributed by atoms with van der Waals surface area (Å²) in [6, 6.07) is 0. The van der Waals surface area contributed by atoms with Gasteiger partial charge in [-0.25, -0.2) is 0 Å². The molecule has 0 amide bonds. The maximum absolute atomic E-state index is 3.19. The number of hydrogen-bond acceptors (Lipinski definition) is 0. The quantitative estimate of drug-likeness (QED) is 0.353. The van der Waals surface area contributed by atoms with Crippen LogP contribution >= 0.6 is 0 Å². The van der Waals surface area contributed by atoms with Crippen LogP contribution in [0.2, 0.25) is 0 Å². The second kappa shape index (κ2) is 69.8. The Morgan fingerprint density at radius 3 is 0.717 bits per heavy atom. The molecule has 0 heterocycles. The van der Waals surface area contributed by atoms with Gasteiger partial charge in [-0.1, -0.05) is 0 Å². The zero-order valence-corrected chi connectivity index (χ0v) is 88.0. The Balaban J connectivity index is -0.0000000150. The van der Waals surface area contributed by atoms with Crippen LogP contribution in [-0.4, -0.2) is 24.4 Å². The fourth-order valence-corrected chi connectivity index (χ4v) is 5.11.